The number of rotatable bonds is 5. The Kier molecular flexibility index (Phi) is 4.53. The van der Waals surface area contributed by atoms with E-state index in [1.165, 1.54) is 11.1 Å². The van der Waals surface area contributed by atoms with Gasteiger partial charge in [-0.3, -0.25) is 0 Å². The number of benzene rings is 1. The van der Waals surface area contributed by atoms with Crippen molar-refractivity contribution in [3.05, 3.63) is 59.8 Å². The second kappa shape index (κ2) is 6.34. The highest BCUT2D eigenvalue weighted by molar-refractivity contribution is 5.39. The van der Waals surface area contributed by atoms with Crippen molar-refractivity contribution in [1.29, 1.82) is 0 Å². The van der Waals surface area contributed by atoms with Crippen LogP contribution in [0, 0.1) is 0 Å². The van der Waals surface area contributed by atoms with Crippen LogP contribution in [0.3, 0.4) is 0 Å². The summed E-state index contributed by atoms with van der Waals surface area (Å²) in [5, 5.41) is 3.22. The molecule has 3 nitrogen and oxygen atoms in total. The molecular weight excluding hydrogens is 234 g/mol. The molecule has 0 radical (unpaired) electrons. The predicted octanol–water partition coefficient (Wildman–Crippen LogP) is 3.00. The third-order valence-corrected chi connectivity index (χ3v) is 3.36. The lowest BCUT2D eigenvalue weighted by molar-refractivity contribution is 0.649. The molecule has 0 saturated carbocycles. The predicted molar refractivity (Wildman–Crippen MR) is 80.3 cm³/mol. The Balaban J connectivity index is 2.05. The minimum Gasteiger partial charge on any atom is -0.355 e. The Hall–Kier alpha value is -1.87. The van der Waals surface area contributed by atoms with Crippen molar-refractivity contribution in [2.75, 3.05) is 19.0 Å². The van der Waals surface area contributed by atoms with E-state index < -0.39 is 0 Å². The van der Waals surface area contributed by atoms with Gasteiger partial charge in [0.15, 0.2) is 0 Å². The van der Waals surface area contributed by atoms with Gasteiger partial charge in [0, 0.05) is 25.8 Å². The molecule has 0 aliphatic carbocycles. The van der Waals surface area contributed by atoms with Gasteiger partial charge in [0.2, 0.25) is 0 Å². The first-order valence-corrected chi connectivity index (χ1v) is 6.59. The van der Waals surface area contributed by atoms with E-state index in [9.17, 15) is 0 Å². The molecule has 0 fully saturated rings. The second-order valence-electron chi connectivity index (χ2n) is 4.80. The van der Waals surface area contributed by atoms with Gasteiger partial charge in [0.25, 0.3) is 0 Å². The van der Waals surface area contributed by atoms with Crippen LogP contribution in [0.1, 0.15) is 24.1 Å². The van der Waals surface area contributed by atoms with Gasteiger partial charge < -0.3 is 10.2 Å². The van der Waals surface area contributed by atoms with Gasteiger partial charge in [-0.2, -0.15) is 0 Å². The number of hydrogen-bond donors (Lipinski definition) is 1. The molecule has 100 valence electrons. The first kappa shape index (κ1) is 13.6. The van der Waals surface area contributed by atoms with Crippen molar-refractivity contribution >= 4 is 5.82 Å². The number of nitrogens with one attached hydrogen (secondary N) is 1. The zero-order chi connectivity index (χ0) is 13.7. The van der Waals surface area contributed by atoms with E-state index in [2.05, 4.69) is 65.6 Å². The first-order chi connectivity index (χ1) is 9.20. The summed E-state index contributed by atoms with van der Waals surface area (Å²) in [5.74, 6) is 0.996. The van der Waals surface area contributed by atoms with E-state index in [4.69, 9.17) is 0 Å². The van der Waals surface area contributed by atoms with Crippen molar-refractivity contribution < 1.29 is 0 Å². The lowest BCUT2D eigenvalue weighted by Gasteiger charge is -2.19. The highest BCUT2D eigenvalue weighted by Crippen LogP contribution is 2.16. The minimum atomic E-state index is 0.334. The van der Waals surface area contributed by atoms with Crippen LogP contribution < -0.4 is 10.2 Å². The van der Waals surface area contributed by atoms with E-state index in [0.29, 0.717) is 6.04 Å². The summed E-state index contributed by atoms with van der Waals surface area (Å²) in [6, 6.07) is 15.0. The molecule has 0 aliphatic heterocycles. The van der Waals surface area contributed by atoms with E-state index in [1.54, 1.807) is 0 Å². The highest BCUT2D eigenvalue weighted by Gasteiger charge is 2.06. The van der Waals surface area contributed by atoms with Crippen LogP contribution in [0.15, 0.2) is 48.7 Å². The molecule has 0 spiro atoms. The molecule has 19 heavy (non-hydrogen) atoms. The van der Waals surface area contributed by atoms with Crippen LogP contribution in [0.25, 0.3) is 0 Å². The summed E-state index contributed by atoms with van der Waals surface area (Å²) in [7, 11) is 4.02. The number of hydrogen-bond acceptors (Lipinski definition) is 3. The van der Waals surface area contributed by atoms with Gasteiger partial charge in [-0.1, -0.05) is 36.4 Å². The quantitative estimate of drug-likeness (QED) is 0.890. The zero-order valence-electron chi connectivity index (χ0n) is 11.8. The largest absolute Gasteiger partial charge is 0.355 e. The summed E-state index contributed by atoms with van der Waals surface area (Å²) < 4.78 is 0. The summed E-state index contributed by atoms with van der Waals surface area (Å²) in [4.78, 5) is 6.69. The molecular formula is C16H21N3. The molecule has 1 aromatic carbocycles. The van der Waals surface area contributed by atoms with Gasteiger partial charge in [-0.25, -0.2) is 4.98 Å². The minimum absolute atomic E-state index is 0.334. The molecule has 1 N–H and O–H groups in total. The SMILES string of the molecule is CNC(C)c1ccc(N(C)Cc2ccccc2)nc1. The maximum absolute atomic E-state index is 4.53. The Labute approximate surface area is 115 Å². The van der Waals surface area contributed by atoms with Crippen LogP contribution in [0.2, 0.25) is 0 Å². The fraction of sp³-hybridized carbons (Fsp3) is 0.312. The molecule has 0 amide bonds. The van der Waals surface area contributed by atoms with Crippen LogP contribution in [0.5, 0.6) is 0 Å². The Morgan fingerprint density at radius 2 is 1.89 bits per heavy atom. The van der Waals surface area contributed by atoms with Crippen molar-refractivity contribution in [3.63, 3.8) is 0 Å². The van der Waals surface area contributed by atoms with Crippen LogP contribution in [-0.2, 0) is 6.54 Å². The topological polar surface area (TPSA) is 28.2 Å². The molecule has 1 aromatic heterocycles. The molecule has 0 saturated heterocycles. The van der Waals surface area contributed by atoms with Crippen molar-refractivity contribution in [2.45, 2.75) is 19.5 Å². The molecule has 1 atom stereocenters. The molecule has 3 heteroatoms. The third kappa shape index (κ3) is 3.55. The monoisotopic (exact) mass is 255 g/mol. The molecule has 2 aromatic rings. The average Bonchev–Trinajstić information content (AvgIpc) is 2.47. The van der Waals surface area contributed by atoms with Gasteiger partial charge in [0.05, 0.1) is 0 Å². The highest BCUT2D eigenvalue weighted by atomic mass is 15.2. The number of pyridine rings is 1. The normalized spacial score (nSPS) is 12.2. The Morgan fingerprint density at radius 3 is 2.47 bits per heavy atom. The third-order valence-electron chi connectivity index (χ3n) is 3.36. The molecule has 2 rings (SSSR count). The fourth-order valence-electron chi connectivity index (χ4n) is 1.98. The van der Waals surface area contributed by atoms with Crippen LogP contribution in [-0.4, -0.2) is 19.1 Å². The van der Waals surface area contributed by atoms with Crippen LogP contribution in [0.4, 0.5) is 5.82 Å². The smallest absolute Gasteiger partial charge is 0.128 e. The van der Waals surface area contributed by atoms with E-state index in [-0.39, 0.29) is 0 Å². The van der Waals surface area contributed by atoms with Gasteiger partial charge >= 0.3 is 0 Å². The second-order valence-corrected chi connectivity index (χ2v) is 4.80. The maximum Gasteiger partial charge on any atom is 0.128 e. The Bertz CT molecular complexity index is 493. The lowest BCUT2D eigenvalue weighted by Crippen LogP contribution is -2.18. The van der Waals surface area contributed by atoms with E-state index in [0.717, 1.165) is 12.4 Å². The first-order valence-electron chi connectivity index (χ1n) is 6.59. The number of aromatic nitrogens is 1. The molecule has 0 bridgehead atoms. The van der Waals surface area contributed by atoms with Gasteiger partial charge in [-0.05, 0) is 31.2 Å². The standard InChI is InChI=1S/C16H21N3/c1-13(17-2)15-9-10-16(18-11-15)19(3)12-14-7-5-4-6-8-14/h4-11,13,17H,12H2,1-3H3. The van der Waals surface area contributed by atoms with E-state index in [1.807, 2.05) is 19.3 Å². The van der Waals surface area contributed by atoms with Crippen molar-refractivity contribution in [2.24, 2.45) is 0 Å². The zero-order valence-corrected chi connectivity index (χ0v) is 11.8. The van der Waals surface area contributed by atoms with Gasteiger partial charge in [0.1, 0.15) is 5.82 Å². The summed E-state index contributed by atoms with van der Waals surface area (Å²) in [6.07, 6.45) is 1.94. The van der Waals surface area contributed by atoms with Crippen molar-refractivity contribution in [1.82, 2.24) is 10.3 Å². The molecule has 1 unspecified atom stereocenters. The lowest BCUT2D eigenvalue weighted by atomic mass is 10.1. The summed E-state index contributed by atoms with van der Waals surface area (Å²) in [6.45, 7) is 3.00. The van der Waals surface area contributed by atoms with Crippen LogP contribution >= 0.6 is 0 Å². The molecule has 1 heterocycles. The number of anilines is 1. The van der Waals surface area contributed by atoms with Gasteiger partial charge in [-0.15, -0.1) is 0 Å². The average molecular weight is 255 g/mol. The fourth-order valence-corrected chi connectivity index (χ4v) is 1.98. The maximum atomic E-state index is 4.53. The van der Waals surface area contributed by atoms with Crippen molar-refractivity contribution in [3.8, 4) is 0 Å². The molecule has 0 aliphatic rings. The summed E-state index contributed by atoms with van der Waals surface area (Å²) in [5.41, 5.74) is 2.50. The summed E-state index contributed by atoms with van der Waals surface area (Å²) >= 11 is 0. The Morgan fingerprint density at radius 1 is 1.16 bits per heavy atom. The number of nitrogens with zero attached hydrogens (tertiary/aromatic N) is 2. The van der Waals surface area contributed by atoms with E-state index >= 15 is 0 Å².